The van der Waals surface area contributed by atoms with E-state index < -0.39 is 0 Å². The lowest BCUT2D eigenvalue weighted by Gasteiger charge is -2.45. The van der Waals surface area contributed by atoms with Crippen molar-refractivity contribution in [3.63, 3.8) is 0 Å². The summed E-state index contributed by atoms with van der Waals surface area (Å²) in [6.07, 6.45) is 14.4. The SMILES string of the molecule is CCN1CCC[C@@H](c2cnc(Nc3ncc(-c4ccnc(OC5CCC6(CC5)COC6)n4)s3)nc2)C1. The molecule has 0 unspecified atom stereocenters. The number of nitrogens with one attached hydrogen (secondary N) is 1. The first-order valence-corrected chi connectivity index (χ1v) is 13.8. The molecule has 3 fully saturated rings. The molecule has 1 atom stereocenters. The smallest absolute Gasteiger partial charge is 0.317 e. The molecule has 1 aliphatic carbocycles. The van der Waals surface area contributed by atoms with E-state index in [4.69, 9.17) is 9.47 Å². The molecule has 0 bridgehead atoms. The van der Waals surface area contributed by atoms with Crippen molar-refractivity contribution in [2.75, 3.05) is 38.2 Å². The second-order valence-electron chi connectivity index (χ2n) is 10.3. The fraction of sp³-hybridized carbons (Fsp3) is 0.577. The number of thiazole rings is 1. The van der Waals surface area contributed by atoms with Crippen LogP contribution in [0.1, 0.15) is 56.9 Å². The van der Waals surface area contributed by atoms with Gasteiger partial charge in [-0.25, -0.2) is 19.9 Å². The van der Waals surface area contributed by atoms with Crippen molar-refractivity contribution in [3.8, 4) is 16.6 Å². The summed E-state index contributed by atoms with van der Waals surface area (Å²) in [6.45, 7) is 7.41. The van der Waals surface area contributed by atoms with Crippen molar-refractivity contribution in [3.05, 3.63) is 36.4 Å². The summed E-state index contributed by atoms with van der Waals surface area (Å²) in [4.78, 5) is 26.1. The molecule has 1 N–H and O–H groups in total. The molecule has 3 aromatic heterocycles. The Hall–Kier alpha value is -2.69. The van der Waals surface area contributed by atoms with Crippen molar-refractivity contribution in [1.82, 2.24) is 29.8 Å². The van der Waals surface area contributed by atoms with E-state index >= 15 is 0 Å². The molecule has 0 radical (unpaired) electrons. The topological polar surface area (TPSA) is 98.2 Å². The first-order valence-electron chi connectivity index (χ1n) is 13.0. The molecule has 10 heteroatoms. The summed E-state index contributed by atoms with van der Waals surface area (Å²) in [5.41, 5.74) is 2.42. The maximum absolute atomic E-state index is 6.14. The van der Waals surface area contributed by atoms with E-state index in [9.17, 15) is 0 Å². The molecule has 190 valence electrons. The first kappa shape index (κ1) is 23.7. The molecule has 9 nitrogen and oxygen atoms in total. The molecule has 0 aromatic carbocycles. The summed E-state index contributed by atoms with van der Waals surface area (Å²) < 4.78 is 11.6. The van der Waals surface area contributed by atoms with Gasteiger partial charge in [0.25, 0.3) is 0 Å². The molecule has 36 heavy (non-hydrogen) atoms. The largest absolute Gasteiger partial charge is 0.460 e. The van der Waals surface area contributed by atoms with E-state index in [1.165, 1.54) is 36.3 Å². The lowest BCUT2D eigenvalue weighted by molar-refractivity contribution is -0.140. The van der Waals surface area contributed by atoms with E-state index in [1.54, 1.807) is 6.20 Å². The number of likely N-dealkylation sites (tertiary alicyclic amines) is 1. The number of ether oxygens (including phenoxy) is 2. The molecular formula is C26H33N7O2S. The molecule has 1 saturated carbocycles. The fourth-order valence-corrected chi connectivity index (χ4v) is 6.24. The molecule has 3 aliphatic rings. The van der Waals surface area contributed by atoms with Crippen LogP contribution in [0.3, 0.4) is 0 Å². The van der Waals surface area contributed by atoms with E-state index in [2.05, 4.69) is 42.1 Å². The highest BCUT2D eigenvalue weighted by atomic mass is 32.1. The number of likely N-dealkylation sites (N-methyl/N-ethyl adjacent to an activating group) is 1. The van der Waals surface area contributed by atoms with E-state index in [0.29, 0.717) is 23.3 Å². The lowest BCUT2D eigenvalue weighted by atomic mass is 9.72. The highest BCUT2D eigenvalue weighted by Crippen LogP contribution is 2.43. The maximum Gasteiger partial charge on any atom is 0.317 e. The zero-order chi connectivity index (χ0) is 24.4. The second kappa shape index (κ2) is 10.4. The number of aromatic nitrogens is 5. The van der Waals surface area contributed by atoms with Crippen LogP contribution in [-0.4, -0.2) is 68.8 Å². The lowest BCUT2D eigenvalue weighted by Crippen LogP contribution is -2.46. The van der Waals surface area contributed by atoms with Gasteiger partial charge in [0.2, 0.25) is 5.95 Å². The van der Waals surface area contributed by atoms with Crippen molar-refractivity contribution in [1.29, 1.82) is 0 Å². The summed E-state index contributed by atoms with van der Waals surface area (Å²) in [6, 6.07) is 2.32. The number of nitrogens with zero attached hydrogens (tertiary/aromatic N) is 6. The van der Waals surface area contributed by atoms with Crippen LogP contribution in [0.15, 0.2) is 30.9 Å². The van der Waals surface area contributed by atoms with Crippen molar-refractivity contribution < 1.29 is 9.47 Å². The number of piperidine rings is 1. The molecule has 1 spiro atoms. The van der Waals surface area contributed by atoms with E-state index in [1.807, 2.05) is 24.7 Å². The summed E-state index contributed by atoms with van der Waals surface area (Å²) in [5, 5.41) is 3.96. The highest BCUT2D eigenvalue weighted by molar-refractivity contribution is 7.18. The van der Waals surface area contributed by atoms with Gasteiger partial charge in [-0.05, 0) is 69.2 Å². The van der Waals surface area contributed by atoms with Crippen molar-refractivity contribution in [2.24, 2.45) is 5.41 Å². The van der Waals surface area contributed by atoms with Crippen LogP contribution in [-0.2, 0) is 4.74 Å². The van der Waals surface area contributed by atoms with Crippen LogP contribution < -0.4 is 10.1 Å². The van der Waals surface area contributed by atoms with Gasteiger partial charge in [0, 0.05) is 36.7 Å². The minimum absolute atomic E-state index is 0.170. The van der Waals surface area contributed by atoms with E-state index in [-0.39, 0.29) is 6.10 Å². The Balaban J connectivity index is 1.06. The third kappa shape index (κ3) is 5.21. The third-order valence-electron chi connectivity index (χ3n) is 7.79. The highest BCUT2D eigenvalue weighted by Gasteiger charge is 2.42. The van der Waals surface area contributed by atoms with Gasteiger partial charge in [-0.15, -0.1) is 0 Å². The van der Waals surface area contributed by atoms with Gasteiger partial charge in [-0.3, -0.25) is 0 Å². The Labute approximate surface area is 215 Å². The van der Waals surface area contributed by atoms with Gasteiger partial charge in [0.15, 0.2) is 5.13 Å². The average Bonchev–Trinajstić information content (AvgIpc) is 3.37. The van der Waals surface area contributed by atoms with Gasteiger partial charge >= 0.3 is 6.01 Å². The molecule has 6 rings (SSSR count). The Kier molecular flexibility index (Phi) is 6.81. The van der Waals surface area contributed by atoms with Gasteiger partial charge in [-0.2, -0.15) is 4.98 Å². The van der Waals surface area contributed by atoms with Gasteiger partial charge in [-0.1, -0.05) is 18.3 Å². The van der Waals surface area contributed by atoms with Crippen LogP contribution in [0, 0.1) is 5.41 Å². The van der Waals surface area contributed by atoms with Crippen LogP contribution in [0.2, 0.25) is 0 Å². The van der Waals surface area contributed by atoms with Gasteiger partial charge in [0.1, 0.15) is 6.10 Å². The molecule has 0 amide bonds. The number of hydrogen-bond donors (Lipinski definition) is 1. The number of anilines is 2. The van der Waals surface area contributed by atoms with Crippen LogP contribution in [0.4, 0.5) is 11.1 Å². The van der Waals surface area contributed by atoms with Crippen LogP contribution >= 0.6 is 11.3 Å². The van der Waals surface area contributed by atoms with Crippen molar-refractivity contribution >= 4 is 22.4 Å². The summed E-state index contributed by atoms with van der Waals surface area (Å²) >= 11 is 1.51. The predicted molar refractivity (Wildman–Crippen MR) is 139 cm³/mol. The molecular weight excluding hydrogens is 474 g/mol. The number of rotatable bonds is 7. The molecule has 2 aliphatic heterocycles. The summed E-state index contributed by atoms with van der Waals surface area (Å²) in [7, 11) is 0. The summed E-state index contributed by atoms with van der Waals surface area (Å²) in [5.74, 6) is 1.07. The zero-order valence-electron chi connectivity index (χ0n) is 20.7. The fourth-order valence-electron chi connectivity index (χ4n) is 5.46. The predicted octanol–water partition coefficient (Wildman–Crippen LogP) is 4.67. The normalized spacial score (nSPS) is 22.3. The Bertz CT molecular complexity index is 1160. The van der Waals surface area contributed by atoms with Gasteiger partial charge < -0.3 is 19.7 Å². The minimum Gasteiger partial charge on any atom is -0.460 e. The number of hydrogen-bond acceptors (Lipinski definition) is 10. The minimum atomic E-state index is 0.170. The first-order chi connectivity index (χ1) is 17.7. The standard InChI is InChI=1S/C26H33N7O2S/c1-2-33-11-3-4-18(15-33)19-12-28-23(29-13-19)32-25-30-14-22(36-25)21-7-10-27-24(31-21)35-20-5-8-26(9-6-20)16-34-17-26/h7,10,12-14,18,20H,2-6,8-9,11,15-17H2,1H3,(H,28,29,30,32)/t18-/m1/s1. The van der Waals surface area contributed by atoms with Crippen molar-refractivity contribution in [2.45, 2.75) is 57.5 Å². The second-order valence-corrected chi connectivity index (χ2v) is 11.3. The maximum atomic E-state index is 6.14. The third-order valence-corrected chi connectivity index (χ3v) is 8.72. The van der Waals surface area contributed by atoms with Gasteiger partial charge in [0.05, 0.1) is 23.8 Å². The Morgan fingerprint density at radius 3 is 2.69 bits per heavy atom. The molecule has 5 heterocycles. The quantitative estimate of drug-likeness (QED) is 0.489. The average molecular weight is 508 g/mol. The van der Waals surface area contributed by atoms with Crippen LogP contribution in [0.5, 0.6) is 6.01 Å². The Morgan fingerprint density at radius 1 is 1.11 bits per heavy atom. The molecule has 3 aromatic rings. The monoisotopic (exact) mass is 507 g/mol. The Morgan fingerprint density at radius 2 is 1.94 bits per heavy atom. The molecule has 2 saturated heterocycles. The van der Waals surface area contributed by atoms with Crippen LogP contribution in [0.25, 0.3) is 10.6 Å². The zero-order valence-corrected chi connectivity index (χ0v) is 21.5. The van der Waals surface area contributed by atoms with E-state index in [0.717, 1.165) is 67.7 Å².